The smallest absolute Gasteiger partial charge is 0.226 e. The Bertz CT molecular complexity index is 892. The summed E-state index contributed by atoms with van der Waals surface area (Å²) in [5, 5.41) is 4.28. The van der Waals surface area contributed by atoms with Gasteiger partial charge in [-0.2, -0.15) is 0 Å². The summed E-state index contributed by atoms with van der Waals surface area (Å²) < 4.78 is 13.6. The minimum atomic E-state index is -0.282. The van der Waals surface area contributed by atoms with Gasteiger partial charge >= 0.3 is 0 Å². The molecule has 1 unspecified atom stereocenters. The maximum Gasteiger partial charge on any atom is 0.226 e. The van der Waals surface area contributed by atoms with Crippen molar-refractivity contribution in [2.45, 2.75) is 45.3 Å². The molecule has 146 valence electrons. The zero-order valence-electron chi connectivity index (χ0n) is 16.1. The monoisotopic (exact) mass is 380 g/mol. The van der Waals surface area contributed by atoms with E-state index < -0.39 is 0 Å². The standard InChI is InChI=1S/C23H25FN2O2/c1-16-6-2-3-11-21(16)22-13-20(28-25-22)15-26(23(27)18-8-5-9-18)14-17-7-4-10-19(24)12-17/h2-4,6-7,10-12,18,20H,5,8-9,13-15H2,1H3. The minimum absolute atomic E-state index is 0.0896. The van der Waals surface area contributed by atoms with Gasteiger partial charge in [0.2, 0.25) is 5.91 Å². The number of nitrogens with zero attached hydrogens (tertiary/aromatic N) is 2. The van der Waals surface area contributed by atoms with Crippen LogP contribution < -0.4 is 0 Å². The normalized spacial score (nSPS) is 18.9. The highest BCUT2D eigenvalue weighted by Crippen LogP contribution is 2.30. The van der Waals surface area contributed by atoms with E-state index in [9.17, 15) is 9.18 Å². The molecule has 0 bridgehead atoms. The van der Waals surface area contributed by atoms with Crippen LogP contribution in [0.25, 0.3) is 0 Å². The predicted molar refractivity (Wildman–Crippen MR) is 106 cm³/mol. The number of rotatable bonds is 6. The summed E-state index contributed by atoms with van der Waals surface area (Å²) in [6.07, 6.45) is 3.48. The highest BCUT2D eigenvalue weighted by atomic mass is 19.1. The van der Waals surface area contributed by atoms with E-state index in [1.165, 1.54) is 12.1 Å². The molecule has 0 aromatic heterocycles. The van der Waals surface area contributed by atoms with Gasteiger partial charge in [-0.05, 0) is 43.0 Å². The first-order chi connectivity index (χ1) is 13.6. The molecule has 2 aromatic carbocycles. The Labute approximate surface area is 165 Å². The van der Waals surface area contributed by atoms with Crippen LogP contribution >= 0.6 is 0 Å². The fraction of sp³-hybridized carbons (Fsp3) is 0.391. The van der Waals surface area contributed by atoms with Crippen molar-refractivity contribution < 1.29 is 14.0 Å². The van der Waals surface area contributed by atoms with E-state index in [1.54, 1.807) is 6.07 Å². The highest BCUT2D eigenvalue weighted by molar-refractivity contribution is 6.02. The maximum atomic E-state index is 13.6. The third-order valence-electron chi connectivity index (χ3n) is 5.64. The number of aryl methyl sites for hydroxylation is 1. The van der Waals surface area contributed by atoms with Crippen LogP contribution in [0.4, 0.5) is 4.39 Å². The van der Waals surface area contributed by atoms with Crippen molar-refractivity contribution in [3.8, 4) is 0 Å². The van der Waals surface area contributed by atoms with Gasteiger partial charge in [-0.25, -0.2) is 4.39 Å². The van der Waals surface area contributed by atoms with Gasteiger partial charge in [-0.1, -0.05) is 48.0 Å². The van der Waals surface area contributed by atoms with Crippen LogP contribution in [0.2, 0.25) is 0 Å². The quantitative estimate of drug-likeness (QED) is 0.743. The molecule has 2 aromatic rings. The molecule has 0 saturated heterocycles. The van der Waals surface area contributed by atoms with Gasteiger partial charge in [0.25, 0.3) is 0 Å². The Morgan fingerprint density at radius 3 is 2.75 bits per heavy atom. The molecule has 1 heterocycles. The molecular formula is C23H25FN2O2. The van der Waals surface area contributed by atoms with Crippen LogP contribution in [-0.4, -0.2) is 29.2 Å². The molecule has 1 saturated carbocycles. The Hall–Kier alpha value is -2.69. The van der Waals surface area contributed by atoms with Gasteiger partial charge in [0, 0.05) is 24.4 Å². The second kappa shape index (κ2) is 8.13. The first-order valence-electron chi connectivity index (χ1n) is 9.92. The summed E-state index contributed by atoms with van der Waals surface area (Å²) >= 11 is 0. The van der Waals surface area contributed by atoms with Crippen LogP contribution in [0, 0.1) is 18.7 Å². The van der Waals surface area contributed by atoms with E-state index >= 15 is 0 Å². The Balaban J connectivity index is 1.45. The second-order valence-corrected chi connectivity index (χ2v) is 7.76. The van der Waals surface area contributed by atoms with Gasteiger partial charge in [0.15, 0.2) is 6.10 Å². The zero-order chi connectivity index (χ0) is 19.5. The van der Waals surface area contributed by atoms with E-state index in [0.717, 1.165) is 41.7 Å². The molecule has 28 heavy (non-hydrogen) atoms. The van der Waals surface area contributed by atoms with Gasteiger partial charge in [-0.3, -0.25) is 4.79 Å². The van der Waals surface area contributed by atoms with Crippen molar-refractivity contribution in [3.05, 3.63) is 71.0 Å². The zero-order valence-corrected chi connectivity index (χ0v) is 16.1. The summed E-state index contributed by atoms with van der Waals surface area (Å²) in [6, 6.07) is 14.6. The molecule has 4 nitrogen and oxygen atoms in total. The van der Waals surface area contributed by atoms with Gasteiger partial charge < -0.3 is 9.74 Å². The number of benzene rings is 2. The van der Waals surface area contributed by atoms with Crippen LogP contribution in [0.1, 0.15) is 42.4 Å². The predicted octanol–water partition coefficient (Wildman–Crippen LogP) is 4.46. The molecule has 0 N–H and O–H groups in total. The molecule has 1 fully saturated rings. The Kier molecular flexibility index (Phi) is 5.42. The third kappa shape index (κ3) is 4.08. The molecule has 1 amide bonds. The lowest BCUT2D eigenvalue weighted by molar-refractivity contribution is -0.140. The number of hydrogen-bond donors (Lipinski definition) is 0. The van der Waals surface area contributed by atoms with Crippen molar-refractivity contribution in [2.24, 2.45) is 11.1 Å². The minimum Gasteiger partial charge on any atom is -0.390 e. The van der Waals surface area contributed by atoms with Crippen molar-refractivity contribution in [1.82, 2.24) is 4.90 Å². The third-order valence-corrected chi connectivity index (χ3v) is 5.64. The van der Waals surface area contributed by atoms with E-state index in [4.69, 9.17) is 4.84 Å². The molecule has 0 radical (unpaired) electrons. The summed E-state index contributed by atoms with van der Waals surface area (Å²) in [5.74, 6) is -0.0500. The lowest BCUT2D eigenvalue weighted by Gasteiger charge is -2.32. The average Bonchev–Trinajstić information content (AvgIpc) is 3.08. The van der Waals surface area contributed by atoms with Gasteiger partial charge in [0.1, 0.15) is 5.82 Å². The fourth-order valence-electron chi connectivity index (χ4n) is 3.83. The molecule has 1 atom stereocenters. The van der Waals surface area contributed by atoms with Crippen LogP contribution in [0.15, 0.2) is 53.7 Å². The SMILES string of the molecule is Cc1ccccc1C1=NOC(CN(Cc2cccc(F)c2)C(=O)C2CCC2)C1. The molecule has 1 aliphatic heterocycles. The highest BCUT2D eigenvalue weighted by Gasteiger charge is 2.33. The summed E-state index contributed by atoms with van der Waals surface area (Å²) in [7, 11) is 0. The molecule has 2 aliphatic rings. The van der Waals surface area contributed by atoms with E-state index in [1.807, 2.05) is 29.2 Å². The van der Waals surface area contributed by atoms with Gasteiger partial charge in [-0.15, -0.1) is 0 Å². The van der Waals surface area contributed by atoms with Crippen molar-refractivity contribution >= 4 is 11.6 Å². The van der Waals surface area contributed by atoms with Crippen molar-refractivity contribution in [2.75, 3.05) is 6.54 Å². The number of oxime groups is 1. The molecule has 1 aliphatic carbocycles. The number of carbonyl (C=O) groups is 1. The second-order valence-electron chi connectivity index (χ2n) is 7.76. The topological polar surface area (TPSA) is 41.9 Å². The lowest BCUT2D eigenvalue weighted by atomic mass is 9.84. The number of halogens is 1. The van der Waals surface area contributed by atoms with E-state index in [0.29, 0.717) is 19.5 Å². The van der Waals surface area contributed by atoms with Crippen molar-refractivity contribution in [1.29, 1.82) is 0 Å². The number of hydrogen-bond acceptors (Lipinski definition) is 3. The van der Waals surface area contributed by atoms with Crippen LogP contribution in [0.5, 0.6) is 0 Å². The lowest BCUT2D eigenvalue weighted by Crippen LogP contribution is -2.42. The molecule has 5 heteroatoms. The van der Waals surface area contributed by atoms with Crippen molar-refractivity contribution in [3.63, 3.8) is 0 Å². The summed E-state index contributed by atoms with van der Waals surface area (Å²) in [4.78, 5) is 20.4. The molecular weight excluding hydrogens is 355 g/mol. The Morgan fingerprint density at radius 2 is 2.04 bits per heavy atom. The largest absolute Gasteiger partial charge is 0.390 e. The summed E-state index contributed by atoms with van der Waals surface area (Å²) in [5.41, 5.74) is 3.97. The number of carbonyl (C=O) groups excluding carboxylic acids is 1. The molecule has 4 rings (SSSR count). The number of amides is 1. The Morgan fingerprint density at radius 1 is 1.21 bits per heavy atom. The first-order valence-corrected chi connectivity index (χ1v) is 9.92. The summed E-state index contributed by atoms with van der Waals surface area (Å²) in [6.45, 7) is 2.92. The molecule has 0 spiro atoms. The van der Waals surface area contributed by atoms with E-state index in [-0.39, 0.29) is 23.7 Å². The fourth-order valence-corrected chi connectivity index (χ4v) is 3.83. The van der Waals surface area contributed by atoms with Crippen LogP contribution in [-0.2, 0) is 16.2 Å². The van der Waals surface area contributed by atoms with Crippen LogP contribution in [0.3, 0.4) is 0 Å². The maximum absolute atomic E-state index is 13.6. The average molecular weight is 380 g/mol. The van der Waals surface area contributed by atoms with E-state index in [2.05, 4.69) is 18.1 Å². The first kappa shape index (κ1) is 18.7. The van der Waals surface area contributed by atoms with Gasteiger partial charge in [0.05, 0.1) is 12.3 Å².